The van der Waals surface area contributed by atoms with Crippen molar-refractivity contribution in [2.75, 3.05) is 17.4 Å². The third kappa shape index (κ3) is 8.40. The number of sulfonamides is 1. The van der Waals surface area contributed by atoms with E-state index in [1.165, 1.54) is 23.1 Å². The predicted molar refractivity (Wildman–Crippen MR) is 171 cm³/mol. The minimum Gasteiger partial charge on any atom is -0.354 e. The van der Waals surface area contributed by atoms with Gasteiger partial charge in [0.1, 0.15) is 12.6 Å². The van der Waals surface area contributed by atoms with Crippen molar-refractivity contribution < 1.29 is 18.0 Å². The largest absolute Gasteiger partial charge is 0.354 e. The molecule has 1 N–H and O–H groups in total. The van der Waals surface area contributed by atoms with E-state index < -0.39 is 28.5 Å². The molecule has 0 fully saturated rings. The van der Waals surface area contributed by atoms with Crippen LogP contribution in [-0.4, -0.2) is 44.3 Å². The van der Waals surface area contributed by atoms with Crippen LogP contribution >= 0.6 is 34.8 Å². The van der Waals surface area contributed by atoms with Gasteiger partial charge >= 0.3 is 0 Å². The SMILES string of the molecule is CC[C@H](C(=O)NCC(C)C)N(Cc1ccc(Cl)cc1Cl)C(=O)CN(c1cc(Cl)ccc1C)S(=O)(=O)c1ccc(C)cc1. The quantitative estimate of drug-likeness (QED) is 0.227. The number of nitrogens with one attached hydrogen (secondary N) is 1. The first-order valence-electron chi connectivity index (χ1n) is 13.6. The summed E-state index contributed by atoms with van der Waals surface area (Å²) >= 11 is 18.9. The molecule has 3 aromatic carbocycles. The van der Waals surface area contributed by atoms with Crippen LogP contribution in [0.15, 0.2) is 65.6 Å². The maximum atomic E-state index is 14.2. The molecule has 11 heteroatoms. The Balaban J connectivity index is 2.11. The van der Waals surface area contributed by atoms with E-state index in [4.69, 9.17) is 34.8 Å². The normalized spacial score (nSPS) is 12.2. The second-order valence-electron chi connectivity index (χ2n) is 10.6. The molecule has 2 amide bonds. The minimum atomic E-state index is -4.22. The number of halogens is 3. The molecule has 0 unspecified atom stereocenters. The van der Waals surface area contributed by atoms with E-state index in [1.807, 2.05) is 20.8 Å². The average molecular weight is 653 g/mol. The molecule has 0 aromatic heterocycles. The van der Waals surface area contributed by atoms with Gasteiger partial charge in [-0.15, -0.1) is 0 Å². The number of aryl methyl sites for hydroxylation is 2. The zero-order valence-electron chi connectivity index (χ0n) is 24.3. The van der Waals surface area contributed by atoms with E-state index in [2.05, 4.69) is 5.32 Å². The monoisotopic (exact) mass is 651 g/mol. The number of hydrogen-bond acceptors (Lipinski definition) is 4. The van der Waals surface area contributed by atoms with Crippen LogP contribution in [-0.2, 0) is 26.2 Å². The van der Waals surface area contributed by atoms with Gasteiger partial charge in [-0.3, -0.25) is 13.9 Å². The maximum absolute atomic E-state index is 14.2. The fourth-order valence-electron chi connectivity index (χ4n) is 4.38. The van der Waals surface area contributed by atoms with Crippen LogP contribution in [0.5, 0.6) is 0 Å². The van der Waals surface area contributed by atoms with E-state index in [1.54, 1.807) is 56.3 Å². The molecule has 0 aliphatic carbocycles. The van der Waals surface area contributed by atoms with Gasteiger partial charge in [0.2, 0.25) is 11.8 Å². The summed E-state index contributed by atoms with van der Waals surface area (Å²) in [4.78, 5) is 29.0. The second kappa shape index (κ2) is 14.6. The summed E-state index contributed by atoms with van der Waals surface area (Å²) in [5.74, 6) is -0.721. The van der Waals surface area contributed by atoms with Crippen molar-refractivity contribution >= 4 is 62.3 Å². The summed E-state index contributed by atoms with van der Waals surface area (Å²) in [7, 11) is -4.22. The molecule has 42 heavy (non-hydrogen) atoms. The van der Waals surface area contributed by atoms with Crippen LogP contribution in [0.3, 0.4) is 0 Å². The number of anilines is 1. The van der Waals surface area contributed by atoms with E-state index >= 15 is 0 Å². The van der Waals surface area contributed by atoms with Gasteiger partial charge in [0, 0.05) is 28.2 Å². The summed E-state index contributed by atoms with van der Waals surface area (Å²) in [6.07, 6.45) is 0.293. The molecular formula is C31H36Cl3N3O4S. The average Bonchev–Trinajstić information content (AvgIpc) is 2.93. The fraction of sp³-hybridized carbons (Fsp3) is 0.355. The van der Waals surface area contributed by atoms with Crippen LogP contribution in [0.1, 0.15) is 43.9 Å². The van der Waals surface area contributed by atoms with E-state index in [0.717, 1.165) is 9.87 Å². The van der Waals surface area contributed by atoms with Gasteiger partial charge in [-0.2, -0.15) is 0 Å². The highest BCUT2D eigenvalue weighted by molar-refractivity contribution is 7.92. The Morgan fingerprint density at radius 2 is 1.52 bits per heavy atom. The number of benzene rings is 3. The van der Waals surface area contributed by atoms with Gasteiger partial charge in [-0.25, -0.2) is 8.42 Å². The molecule has 3 rings (SSSR count). The number of carbonyl (C=O) groups excluding carboxylic acids is 2. The Hall–Kier alpha value is -2.78. The van der Waals surface area contributed by atoms with Crippen molar-refractivity contribution in [1.82, 2.24) is 10.2 Å². The summed E-state index contributed by atoms with van der Waals surface area (Å²) in [6.45, 7) is 9.16. The Kier molecular flexibility index (Phi) is 11.7. The molecule has 0 aliphatic heterocycles. The first-order valence-corrected chi connectivity index (χ1v) is 16.2. The van der Waals surface area contributed by atoms with Gasteiger partial charge < -0.3 is 10.2 Å². The molecule has 226 valence electrons. The van der Waals surface area contributed by atoms with E-state index in [-0.39, 0.29) is 29.0 Å². The van der Waals surface area contributed by atoms with Crippen molar-refractivity contribution in [3.8, 4) is 0 Å². The van der Waals surface area contributed by atoms with Crippen molar-refractivity contribution in [2.24, 2.45) is 5.92 Å². The molecule has 7 nitrogen and oxygen atoms in total. The summed E-state index contributed by atoms with van der Waals surface area (Å²) in [6, 6.07) is 15.3. The summed E-state index contributed by atoms with van der Waals surface area (Å²) in [5, 5.41) is 3.97. The molecule has 3 aromatic rings. The number of carbonyl (C=O) groups is 2. The molecule has 0 aliphatic rings. The van der Waals surface area contributed by atoms with Crippen LogP contribution in [0.4, 0.5) is 5.69 Å². The highest BCUT2D eigenvalue weighted by Crippen LogP contribution is 2.31. The Bertz CT molecular complexity index is 1530. The number of amides is 2. The summed E-state index contributed by atoms with van der Waals surface area (Å²) < 4.78 is 29.2. The molecule has 0 saturated heterocycles. The fourth-order valence-corrected chi connectivity index (χ4v) is 6.48. The molecule has 0 spiro atoms. The second-order valence-corrected chi connectivity index (χ2v) is 13.7. The van der Waals surface area contributed by atoms with Gasteiger partial charge in [-0.1, -0.05) is 85.4 Å². The molecular weight excluding hydrogens is 617 g/mol. The predicted octanol–water partition coefficient (Wildman–Crippen LogP) is 7.04. The Morgan fingerprint density at radius 1 is 0.905 bits per heavy atom. The lowest BCUT2D eigenvalue weighted by Crippen LogP contribution is -2.52. The van der Waals surface area contributed by atoms with Crippen LogP contribution in [0.2, 0.25) is 15.1 Å². The number of nitrogens with zero attached hydrogens (tertiary/aromatic N) is 2. The Labute approximate surface area is 263 Å². The molecule has 0 heterocycles. The van der Waals surface area contributed by atoms with E-state index in [9.17, 15) is 18.0 Å². The lowest BCUT2D eigenvalue weighted by atomic mass is 10.1. The highest BCUT2D eigenvalue weighted by atomic mass is 35.5. The summed E-state index contributed by atoms with van der Waals surface area (Å²) in [5.41, 5.74) is 2.33. The first-order chi connectivity index (χ1) is 19.7. The van der Waals surface area contributed by atoms with Crippen molar-refractivity contribution in [3.05, 3.63) is 92.4 Å². The van der Waals surface area contributed by atoms with Gasteiger partial charge in [0.15, 0.2) is 0 Å². The van der Waals surface area contributed by atoms with Crippen molar-refractivity contribution in [2.45, 2.75) is 58.5 Å². The van der Waals surface area contributed by atoms with Gasteiger partial charge in [0.25, 0.3) is 10.0 Å². The molecule has 1 atom stereocenters. The minimum absolute atomic E-state index is 0.0225. The lowest BCUT2D eigenvalue weighted by Gasteiger charge is -2.34. The zero-order valence-corrected chi connectivity index (χ0v) is 27.4. The molecule has 0 bridgehead atoms. The number of hydrogen-bond donors (Lipinski definition) is 1. The third-order valence-electron chi connectivity index (χ3n) is 6.75. The third-order valence-corrected chi connectivity index (χ3v) is 9.35. The first kappa shape index (κ1) is 33.7. The smallest absolute Gasteiger partial charge is 0.264 e. The molecule has 0 radical (unpaired) electrons. The van der Waals surface area contributed by atoms with Gasteiger partial charge in [0.05, 0.1) is 10.6 Å². The lowest BCUT2D eigenvalue weighted by molar-refractivity contribution is -0.140. The molecule has 0 saturated carbocycles. The number of rotatable bonds is 12. The maximum Gasteiger partial charge on any atom is 0.264 e. The van der Waals surface area contributed by atoms with Crippen LogP contribution < -0.4 is 9.62 Å². The van der Waals surface area contributed by atoms with Crippen molar-refractivity contribution in [3.63, 3.8) is 0 Å². The Morgan fingerprint density at radius 3 is 2.12 bits per heavy atom. The van der Waals surface area contributed by atoms with Crippen LogP contribution in [0.25, 0.3) is 0 Å². The van der Waals surface area contributed by atoms with Crippen LogP contribution in [0, 0.1) is 19.8 Å². The standard InChI is InChI=1S/C31H36Cl3N3O4S/c1-6-28(31(39)35-17-20(2)3)36(18-23-10-12-24(32)15-27(23)34)30(38)19-37(29-16-25(33)11-9-22(29)5)42(40,41)26-13-7-21(4)8-14-26/h7-16,20,28H,6,17-19H2,1-5H3,(H,35,39)/t28-/m1/s1. The zero-order chi connectivity index (χ0) is 31.2. The van der Waals surface area contributed by atoms with E-state index in [0.29, 0.717) is 39.2 Å². The van der Waals surface area contributed by atoms with Crippen molar-refractivity contribution in [1.29, 1.82) is 0 Å². The topological polar surface area (TPSA) is 86.8 Å². The van der Waals surface area contributed by atoms with Gasteiger partial charge in [-0.05, 0) is 73.7 Å². The highest BCUT2D eigenvalue weighted by Gasteiger charge is 2.34.